The van der Waals surface area contributed by atoms with Crippen LogP contribution >= 0.6 is 0 Å². The molecule has 0 fully saturated rings. The van der Waals surface area contributed by atoms with Crippen molar-refractivity contribution in [2.45, 2.75) is 50.9 Å². The molecule has 3 aromatic rings. The Balaban J connectivity index is 0.000000235. The van der Waals surface area contributed by atoms with Gasteiger partial charge in [-0.3, -0.25) is 0 Å². The third-order valence-corrected chi connectivity index (χ3v) is 7.96. The summed E-state index contributed by atoms with van der Waals surface area (Å²) in [6.07, 6.45) is 20.3. The SMILES string of the molecule is C1=CC2=CC=C(CC2)N1.Fc1ccc(CCC2Cc3c(ccc4c3CCC=C4)-c3cc(F)ccc32)cc1. The fourth-order valence-corrected chi connectivity index (χ4v) is 5.98. The molecule has 1 nitrogen and oxygen atoms in total. The molecule has 1 N–H and O–H groups in total. The second-order valence-corrected chi connectivity index (χ2v) is 10.3. The van der Waals surface area contributed by atoms with Crippen LogP contribution in [0.25, 0.3) is 17.2 Å². The van der Waals surface area contributed by atoms with Gasteiger partial charge in [0.15, 0.2) is 0 Å². The van der Waals surface area contributed by atoms with Crippen molar-refractivity contribution < 1.29 is 8.78 Å². The molecule has 1 unspecified atom stereocenters. The van der Waals surface area contributed by atoms with Crippen LogP contribution in [0.4, 0.5) is 8.78 Å². The van der Waals surface area contributed by atoms with Crippen LogP contribution in [0.3, 0.4) is 0 Å². The van der Waals surface area contributed by atoms with E-state index in [0.717, 1.165) is 43.2 Å². The zero-order chi connectivity index (χ0) is 25.2. The highest BCUT2D eigenvalue weighted by Gasteiger charge is 2.28. The molecule has 3 heteroatoms. The zero-order valence-corrected chi connectivity index (χ0v) is 20.9. The van der Waals surface area contributed by atoms with Crippen LogP contribution < -0.4 is 5.32 Å². The minimum absolute atomic E-state index is 0.179. The molecule has 186 valence electrons. The van der Waals surface area contributed by atoms with Gasteiger partial charge in [-0.05, 0) is 132 Å². The quantitative estimate of drug-likeness (QED) is 0.387. The Morgan fingerprint density at radius 1 is 0.784 bits per heavy atom. The Bertz CT molecular complexity index is 1440. The summed E-state index contributed by atoms with van der Waals surface area (Å²) in [5.41, 5.74) is 11.5. The maximum absolute atomic E-state index is 14.1. The van der Waals surface area contributed by atoms with E-state index in [-0.39, 0.29) is 11.6 Å². The van der Waals surface area contributed by atoms with Crippen molar-refractivity contribution in [1.82, 2.24) is 5.32 Å². The van der Waals surface area contributed by atoms with Crippen LogP contribution in [-0.4, -0.2) is 0 Å². The maximum Gasteiger partial charge on any atom is 0.123 e. The minimum atomic E-state index is -0.198. The average Bonchev–Trinajstić information content (AvgIpc) is 3.31. The Morgan fingerprint density at radius 2 is 1.65 bits per heavy atom. The zero-order valence-electron chi connectivity index (χ0n) is 20.9. The van der Waals surface area contributed by atoms with Crippen LogP contribution in [0.2, 0.25) is 0 Å². The molecule has 5 aliphatic rings. The summed E-state index contributed by atoms with van der Waals surface area (Å²) in [7, 11) is 0. The fourth-order valence-electron chi connectivity index (χ4n) is 5.98. The van der Waals surface area contributed by atoms with Gasteiger partial charge in [-0.1, -0.05) is 48.6 Å². The van der Waals surface area contributed by atoms with Crippen molar-refractivity contribution in [3.8, 4) is 11.1 Å². The van der Waals surface area contributed by atoms with Crippen LogP contribution in [0.15, 0.2) is 96.4 Å². The molecule has 3 aliphatic carbocycles. The van der Waals surface area contributed by atoms with Gasteiger partial charge in [0.05, 0.1) is 0 Å². The molecule has 0 amide bonds. The van der Waals surface area contributed by atoms with Crippen molar-refractivity contribution in [1.29, 1.82) is 0 Å². The molecular formula is C34H31F2N. The van der Waals surface area contributed by atoms with Gasteiger partial charge in [-0.25, -0.2) is 8.78 Å². The van der Waals surface area contributed by atoms with Crippen LogP contribution in [0, 0.1) is 11.6 Å². The van der Waals surface area contributed by atoms with E-state index in [1.807, 2.05) is 24.4 Å². The van der Waals surface area contributed by atoms with Gasteiger partial charge in [0.25, 0.3) is 0 Å². The van der Waals surface area contributed by atoms with Gasteiger partial charge in [-0.2, -0.15) is 0 Å². The van der Waals surface area contributed by atoms with Crippen molar-refractivity contribution >= 4 is 6.08 Å². The molecule has 8 rings (SSSR count). The number of halogens is 2. The van der Waals surface area contributed by atoms with Crippen molar-refractivity contribution in [2.75, 3.05) is 0 Å². The summed E-state index contributed by atoms with van der Waals surface area (Å²) in [5.74, 6) is -0.0251. The van der Waals surface area contributed by atoms with Gasteiger partial charge in [0.1, 0.15) is 11.6 Å². The van der Waals surface area contributed by atoms with E-state index in [1.54, 1.807) is 12.1 Å². The predicted molar refractivity (Wildman–Crippen MR) is 148 cm³/mol. The Hall–Kier alpha value is -3.72. The molecule has 0 radical (unpaired) electrons. The summed E-state index contributed by atoms with van der Waals surface area (Å²) >= 11 is 0. The molecule has 0 saturated carbocycles. The standard InChI is InChI=1S/C26H22F2.C8H9N/c27-20-10-6-17(7-11-20)5-8-19-15-25-22-4-2-1-3-18(22)9-13-24(25)26-16-21(28)12-14-23(19)26;1-3-8-4-2-7(1)5-6-9-8/h1,3,6-7,9-14,16,19H,2,4-5,8,15H2;1,3,5-6,9H,2,4H2. The smallest absolute Gasteiger partial charge is 0.123 e. The summed E-state index contributed by atoms with van der Waals surface area (Å²) < 4.78 is 27.3. The average molecular weight is 492 g/mol. The van der Waals surface area contributed by atoms with Crippen molar-refractivity contribution in [2.24, 2.45) is 0 Å². The molecule has 0 aromatic heterocycles. The summed E-state index contributed by atoms with van der Waals surface area (Å²) in [5, 5.41) is 3.20. The molecule has 2 bridgehead atoms. The van der Waals surface area contributed by atoms with E-state index in [1.165, 1.54) is 64.1 Å². The van der Waals surface area contributed by atoms with Gasteiger partial charge >= 0.3 is 0 Å². The van der Waals surface area contributed by atoms with Gasteiger partial charge in [0, 0.05) is 11.9 Å². The van der Waals surface area contributed by atoms with Crippen molar-refractivity contribution in [3.05, 3.63) is 136 Å². The molecule has 0 spiro atoms. The topological polar surface area (TPSA) is 12.0 Å². The lowest BCUT2D eigenvalue weighted by atomic mass is 9.73. The van der Waals surface area contributed by atoms with Crippen molar-refractivity contribution in [3.63, 3.8) is 0 Å². The first-order valence-electron chi connectivity index (χ1n) is 13.3. The van der Waals surface area contributed by atoms with Gasteiger partial charge in [-0.15, -0.1) is 0 Å². The predicted octanol–water partition coefficient (Wildman–Crippen LogP) is 8.57. The molecular weight excluding hydrogens is 460 g/mol. The number of allylic oxidation sites excluding steroid dienone is 6. The van der Waals surface area contributed by atoms with Crippen LogP contribution in [0.1, 0.15) is 59.4 Å². The molecule has 2 aliphatic heterocycles. The number of rotatable bonds is 3. The fraction of sp³-hybridized carbons (Fsp3) is 0.235. The lowest BCUT2D eigenvalue weighted by Gasteiger charge is -2.31. The van der Waals surface area contributed by atoms with Gasteiger partial charge in [0.2, 0.25) is 0 Å². The van der Waals surface area contributed by atoms with E-state index in [4.69, 9.17) is 0 Å². The normalized spacial score (nSPS) is 18.3. The number of aryl methyl sites for hydroxylation is 1. The lowest BCUT2D eigenvalue weighted by Crippen LogP contribution is -2.16. The lowest BCUT2D eigenvalue weighted by molar-refractivity contribution is 0.599. The van der Waals surface area contributed by atoms with E-state index in [9.17, 15) is 8.78 Å². The largest absolute Gasteiger partial charge is 0.365 e. The Kier molecular flexibility index (Phi) is 6.61. The summed E-state index contributed by atoms with van der Waals surface area (Å²) in [4.78, 5) is 0. The van der Waals surface area contributed by atoms with Gasteiger partial charge < -0.3 is 5.32 Å². The Morgan fingerprint density at radius 3 is 2.49 bits per heavy atom. The Labute approximate surface area is 217 Å². The summed E-state index contributed by atoms with van der Waals surface area (Å²) in [6.45, 7) is 0. The van der Waals surface area contributed by atoms with Crippen LogP contribution in [0.5, 0.6) is 0 Å². The number of benzene rings is 3. The second-order valence-electron chi connectivity index (χ2n) is 10.3. The molecule has 37 heavy (non-hydrogen) atoms. The number of hydrogen-bond acceptors (Lipinski definition) is 1. The highest BCUT2D eigenvalue weighted by atomic mass is 19.1. The third-order valence-electron chi connectivity index (χ3n) is 7.96. The maximum atomic E-state index is 14.1. The van der Waals surface area contributed by atoms with E-state index >= 15 is 0 Å². The highest BCUT2D eigenvalue weighted by molar-refractivity contribution is 5.78. The minimum Gasteiger partial charge on any atom is -0.365 e. The first kappa shape index (κ1) is 23.7. The van der Waals surface area contributed by atoms with Crippen LogP contribution in [-0.2, 0) is 19.3 Å². The number of hydrogen-bond donors (Lipinski definition) is 1. The highest BCUT2D eigenvalue weighted by Crippen LogP contribution is 2.44. The van der Waals surface area contributed by atoms with E-state index < -0.39 is 0 Å². The molecule has 1 atom stereocenters. The number of nitrogens with one attached hydrogen (secondary N) is 1. The third kappa shape index (κ3) is 5.09. The molecule has 3 aromatic carbocycles. The monoisotopic (exact) mass is 491 g/mol. The number of fused-ring (bicyclic) bond motifs is 8. The first-order chi connectivity index (χ1) is 18.1. The van der Waals surface area contributed by atoms with E-state index in [0.29, 0.717) is 5.92 Å². The second kappa shape index (κ2) is 10.3. The summed E-state index contributed by atoms with van der Waals surface area (Å²) in [6, 6.07) is 16.4. The van der Waals surface area contributed by atoms with E-state index in [2.05, 4.69) is 47.8 Å². The molecule has 0 saturated heterocycles. The first-order valence-corrected chi connectivity index (χ1v) is 13.3. The molecule has 2 heterocycles.